The molecule has 1 nitrogen and oxygen atoms in total. The molecule has 105 valence electrons. The van der Waals surface area contributed by atoms with Crippen LogP contribution in [0.1, 0.15) is 87.7 Å². The topological polar surface area (TPSA) is 17.1 Å². The van der Waals surface area contributed by atoms with Gasteiger partial charge in [0.05, 0.1) is 0 Å². The lowest BCUT2D eigenvalue weighted by Gasteiger charge is -2.23. The minimum absolute atomic E-state index is 0.192. The van der Waals surface area contributed by atoms with E-state index >= 15 is 0 Å². The largest absolute Gasteiger partial charge is 0.287 e. The molecule has 0 aromatic heterocycles. The molecule has 1 rings (SSSR count). The van der Waals surface area contributed by atoms with Gasteiger partial charge in [-0.05, 0) is 34.4 Å². The van der Waals surface area contributed by atoms with Gasteiger partial charge in [-0.15, -0.1) is 0 Å². The van der Waals surface area contributed by atoms with Gasteiger partial charge in [0.1, 0.15) is 0 Å². The third kappa shape index (κ3) is 3.43. The van der Waals surface area contributed by atoms with E-state index in [0.717, 1.165) is 11.1 Å². The Morgan fingerprint density at radius 3 is 1.58 bits per heavy atom. The minimum atomic E-state index is -1.64. The Hall–Kier alpha value is -1.18. The summed E-state index contributed by atoms with van der Waals surface area (Å²) in [5.74, 6) is 0.776. The van der Waals surface area contributed by atoms with Gasteiger partial charge in [-0.25, -0.2) is 4.39 Å². The second-order valence-corrected chi connectivity index (χ2v) is 6.06. The van der Waals surface area contributed by atoms with Crippen molar-refractivity contribution in [3.05, 3.63) is 34.4 Å². The summed E-state index contributed by atoms with van der Waals surface area (Å²) in [6, 6.07) is 4.08. The van der Waals surface area contributed by atoms with Crippen molar-refractivity contribution in [1.29, 1.82) is 0 Å². The molecule has 0 bridgehead atoms. The van der Waals surface area contributed by atoms with Crippen molar-refractivity contribution in [3.8, 4) is 0 Å². The molecule has 1 atom stereocenters. The van der Waals surface area contributed by atoms with E-state index in [1.165, 1.54) is 11.8 Å². The first-order valence-electron chi connectivity index (χ1n) is 6.98. The molecule has 1 aromatic rings. The summed E-state index contributed by atoms with van der Waals surface area (Å²) in [4.78, 5) is 10.8. The van der Waals surface area contributed by atoms with Gasteiger partial charge in [0.2, 0.25) is 6.29 Å². The molecule has 0 aliphatic carbocycles. The molecular formula is C17H24FO. The Morgan fingerprint density at radius 2 is 1.32 bits per heavy atom. The van der Waals surface area contributed by atoms with Gasteiger partial charge in [0, 0.05) is 5.56 Å². The minimum Gasteiger partial charge on any atom is -0.287 e. The lowest BCUT2D eigenvalue weighted by molar-refractivity contribution is 0.403. The van der Waals surface area contributed by atoms with E-state index in [4.69, 9.17) is 0 Å². The summed E-state index contributed by atoms with van der Waals surface area (Å²) >= 11 is 0. The number of halogens is 1. The lowest BCUT2D eigenvalue weighted by Crippen LogP contribution is -2.09. The van der Waals surface area contributed by atoms with Crippen molar-refractivity contribution >= 4 is 6.29 Å². The number of carbonyl (C=O) groups excluding carboxylic acids is 1. The van der Waals surface area contributed by atoms with Crippen LogP contribution < -0.4 is 0 Å². The smallest absolute Gasteiger partial charge is 0.240 e. The zero-order valence-corrected chi connectivity index (χ0v) is 12.8. The Labute approximate surface area is 116 Å². The number of alkyl halides is 1. The van der Waals surface area contributed by atoms with E-state index in [1.54, 1.807) is 0 Å². The van der Waals surface area contributed by atoms with Crippen molar-refractivity contribution in [2.45, 2.75) is 65.5 Å². The molecule has 2 heteroatoms. The van der Waals surface area contributed by atoms with E-state index in [1.807, 2.05) is 39.8 Å². The van der Waals surface area contributed by atoms with Gasteiger partial charge in [0.15, 0.2) is 6.17 Å². The van der Waals surface area contributed by atoms with Crippen LogP contribution in [0.15, 0.2) is 12.1 Å². The first kappa shape index (κ1) is 15.9. The summed E-state index contributed by atoms with van der Waals surface area (Å²) in [6.45, 7) is 12.4. The normalized spacial score (nSPS) is 13.4. The molecule has 0 aliphatic heterocycles. The molecule has 0 aliphatic rings. The molecule has 19 heavy (non-hydrogen) atoms. The molecule has 0 saturated carbocycles. The van der Waals surface area contributed by atoms with E-state index in [9.17, 15) is 9.18 Å². The molecule has 1 aromatic carbocycles. The lowest BCUT2D eigenvalue weighted by atomic mass is 9.83. The molecule has 1 unspecified atom stereocenters. The Bertz CT molecular complexity index is 418. The van der Waals surface area contributed by atoms with Crippen molar-refractivity contribution in [2.24, 2.45) is 0 Å². The number of hydrogen-bond acceptors (Lipinski definition) is 1. The fraction of sp³-hybridized carbons (Fsp3) is 0.588. The first-order chi connectivity index (χ1) is 8.79. The van der Waals surface area contributed by atoms with Crippen LogP contribution in [0.4, 0.5) is 4.39 Å². The summed E-state index contributed by atoms with van der Waals surface area (Å²) in [5, 5.41) is 0. The Kier molecular flexibility index (Phi) is 5.28. The zero-order chi connectivity index (χ0) is 14.7. The van der Waals surface area contributed by atoms with Crippen LogP contribution in [0, 0.1) is 0 Å². The molecule has 1 radical (unpaired) electrons. The Balaban J connectivity index is 3.60. The van der Waals surface area contributed by atoms with Crippen LogP contribution in [0.2, 0.25) is 0 Å². The highest BCUT2D eigenvalue weighted by molar-refractivity contribution is 5.64. The van der Waals surface area contributed by atoms with Gasteiger partial charge in [-0.3, -0.25) is 4.79 Å². The SMILES string of the molecule is CC(C)c1cc(C(C)C)c(C(F)[C]=O)c(C(C)C)c1. The first-order valence-corrected chi connectivity index (χ1v) is 6.98. The van der Waals surface area contributed by atoms with E-state index in [-0.39, 0.29) is 11.8 Å². The summed E-state index contributed by atoms with van der Waals surface area (Å²) in [7, 11) is 0. The third-order valence-electron chi connectivity index (χ3n) is 3.53. The second kappa shape index (κ2) is 6.31. The van der Waals surface area contributed by atoms with Crippen molar-refractivity contribution < 1.29 is 9.18 Å². The van der Waals surface area contributed by atoms with Crippen molar-refractivity contribution in [1.82, 2.24) is 0 Å². The second-order valence-electron chi connectivity index (χ2n) is 6.06. The fourth-order valence-electron chi connectivity index (χ4n) is 2.36. The average molecular weight is 263 g/mol. The fourth-order valence-corrected chi connectivity index (χ4v) is 2.36. The average Bonchev–Trinajstić information content (AvgIpc) is 2.35. The maximum Gasteiger partial charge on any atom is 0.240 e. The van der Waals surface area contributed by atoms with E-state index in [2.05, 4.69) is 13.8 Å². The predicted molar refractivity (Wildman–Crippen MR) is 78.3 cm³/mol. The van der Waals surface area contributed by atoms with E-state index < -0.39 is 6.17 Å². The highest BCUT2D eigenvalue weighted by Gasteiger charge is 2.23. The monoisotopic (exact) mass is 263 g/mol. The number of benzene rings is 1. The maximum absolute atomic E-state index is 14.0. The predicted octanol–water partition coefficient (Wildman–Crippen LogP) is 5.18. The standard InChI is InChI=1S/C17H24FO/c1-10(2)13-7-14(11(3)4)17(16(18)9-19)15(8-13)12(5)6/h7-8,10-12,16H,1-6H3. The van der Waals surface area contributed by atoms with Crippen molar-refractivity contribution in [2.75, 3.05) is 0 Å². The molecular weight excluding hydrogens is 239 g/mol. The van der Waals surface area contributed by atoms with E-state index in [0.29, 0.717) is 11.5 Å². The number of rotatable bonds is 5. The van der Waals surface area contributed by atoms with Gasteiger partial charge >= 0.3 is 0 Å². The molecule has 0 spiro atoms. The van der Waals surface area contributed by atoms with Crippen LogP contribution in [-0.2, 0) is 4.79 Å². The maximum atomic E-state index is 14.0. The molecule has 0 amide bonds. The van der Waals surface area contributed by atoms with Crippen LogP contribution in [0.25, 0.3) is 0 Å². The highest BCUT2D eigenvalue weighted by Crippen LogP contribution is 2.36. The molecule has 0 saturated heterocycles. The number of hydrogen-bond donors (Lipinski definition) is 0. The summed E-state index contributed by atoms with van der Waals surface area (Å²) in [6.07, 6.45) is -0.139. The van der Waals surface area contributed by atoms with Gasteiger partial charge in [0.25, 0.3) is 0 Å². The van der Waals surface area contributed by atoms with Crippen LogP contribution in [0.5, 0.6) is 0 Å². The zero-order valence-electron chi connectivity index (χ0n) is 12.8. The summed E-state index contributed by atoms with van der Waals surface area (Å²) < 4.78 is 14.0. The van der Waals surface area contributed by atoms with Crippen LogP contribution in [-0.4, -0.2) is 6.29 Å². The molecule has 0 heterocycles. The van der Waals surface area contributed by atoms with Crippen LogP contribution in [0.3, 0.4) is 0 Å². The van der Waals surface area contributed by atoms with Crippen LogP contribution >= 0.6 is 0 Å². The quantitative estimate of drug-likeness (QED) is 0.715. The van der Waals surface area contributed by atoms with Gasteiger partial charge < -0.3 is 0 Å². The Morgan fingerprint density at radius 1 is 0.895 bits per heavy atom. The third-order valence-corrected chi connectivity index (χ3v) is 3.53. The van der Waals surface area contributed by atoms with Crippen molar-refractivity contribution in [3.63, 3.8) is 0 Å². The molecule has 0 N–H and O–H groups in total. The highest BCUT2D eigenvalue weighted by atomic mass is 19.1. The molecule has 0 fully saturated rings. The summed E-state index contributed by atoms with van der Waals surface area (Å²) in [5.41, 5.74) is 3.61. The van der Waals surface area contributed by atoms with Gasteiger partial charge in [-0.1, -0.05) is 53.7 Å². The van der Waals surface area contributed by atoms with Gasteiger partial charge in [-0.2, -0.15) is 0 Å².